The summed E-state index contributed by atoms with van der Waals surface area (Å²) in [6, 6.07) is 24.1. The van der Waals surface area contributed by atoms with Crippen molar-refractivity contribution in [3.05, 3.63) is 101 Å². The Balaban J connectivity index is 1.58. The van der Waals surface area contributed by atoms with Crippen LogP contribution in [-0.2, 0) is 29.2 Å². The van der Waals surface area contributed by atoms with Crippen LogP contribution in [0.3, 0.4) is 0 Å². The second-order valence-electron chi connectivity index (χ2n) is 6.76. The molecule has 1 N–H and O–H groups in total. The molecule has 1 atom stereocenters. The number of hydrogen-bond donors (Lipinski definition) is 1. The fourth-order valence-electron chi connectivity index (χ4n) is 3.54. The van der Waals surface area contributed by atoms with E-state index in [2.05, 4.69) is 17.0 Å². The van der Waals surface area contributed by atoms with Crippen LogP contribution in [0.1, 0.15) is 28.3 Å². The van der Waals surface area contributed by atoms with Crippen LogP contribution in [0.4, 0.5) is 0 Å². The van der Waals surface area contributed by atoms with Crippen molar-refractivity contribution in [2.24, 2.45) is 0 Å². The van der Waals surface area contributed by atoms with Gasteiger partial charge >= 0.3 is 5.97 Å². The first kappa shape index (κ1) is 17.3. The van der Waals surface area contributed by atoms with Gasteiger partial charge in [-0.3, -0.25) is 4.90 Å². The Bertz CT molecular complexity index is 914. The molecule has 0 saturated carbocycles. The molecule has 3 aromatic rings. The highest BCUT2D eigenvalue weighted by molar-refractivity contribution is 5.78. The molecule has 27 heavy (non-hydrogen) atoms. The molecule has 0 fully saturated rings. The maximum Gasteiger partial charge on any atom is 0.328 e. The molecule has 1 heterocycles. The summed E-state index contributed by atoms with van der Waals surface area (Å²) in [7, 11) is 0. The summed E-state index contributed by atoms with van der Waals surface area (Å²) in [6.07, 6.45) is 0. The molecule has 0 aromatic heterocycles. The molecular weight excluding hydrogens is 338 g/mol. The Morgan fingerprint density at radius 3 is 2.26 bits per heavy atom. The topological polar surface area (TPSA) is 49.8 Å². The van der Waals surface area contributed by atoms with E-state index in [0.29, 0.717) is 13.1 Å². The van der Waals surface area contributed by atoms with E-state index < -0.39 is 6.04 Å². The van der Waals surface area contributed by atoms with Crippen molar-refractivity contribution in [3.8, 4) is 5.75 Å². The van der Waals surface area contributed by atoms with E-state index in [9.17, 15) is 9.90 Å². The third-order valence-corrected chi connectivity index (χ3v) is 4.86. The third-order valence-electron chi connectivity index (χ3n) is 4.86. The van der Waals surface area contributed by atoms with Gasteiger partial charge in [0.2, 0.25) is 0 Å². The van der Waals surface area contributed by atoms with Crippen molar-refractivity contribution >= 4 is 5.97 Å². The Morgan fingerprint density at radius 2 is 1.59 bits per heavy atom. The van der Waals surface area contributed by atoms with E-state index in [1.54, 1.807) is 18.2 Å². The first-order chi connectivity index (χ1) is 13.2. The summed E-state index contributed by atoms with van der Waals surface area (Å²) in [6.45, 7) is 1.59. The molecule has 1 aliphatic heterocycles. The van der Waals surface area contributed by atoms with Gasteiger partial charge in [0.15, 0.2) is 0 Å². The normalized spacial score (nSPS) is 14.5. The molecule has 4 rings (SSSR count). The van der Waals surface area contributed by atoms with Gasteiger partial charge in [-0.15, -0.1) is 0 Å². The van der Waals surface area contributed by atoms with Gasteiger partial charge in [0.05, 0.1) is 0 Å². The number of phenols is 1. The minimum absolute atomic E-state index is 0.144. The average molecular weight is 359 g/mol. The zero-order chi connectivity index (χ0) is 18.6. The Hall–Kier alpha value is -3.11. The molecule has 4 nitrogen and oxygen atoms in total. The summed E-state index contributed by atoms with van der Waals surface area (Å²) in [4.78, 5) is 15.1. The standard InChI is InChI=1S/C23H21NO3/c25-21-12-6-11-18(13-21)22(23(26)27-16-17-7-2-1-3-8-17)24-14-19-9-4-5-10-20(19)15-24/h1-13,22,25H,14-16H2/t22-/m0/s1. The Morgan fingerprint density at radius 1 is 0.926 bits per heavy atom. The lowest BCUT2D eigenvalue weighted by Gasteiger charge is -2.26. The van der Waals surface area contributed by atoms with Crippen molar-refractivity contribution < 1.29 is 14.6 Å². The number of esters is 1. The minimum atomic E-state index is -0.562. The van der Waals surface area contributed by atoms with E-state index in [4.69, 9.17) is 4.74 Å². The van der Waals surface area contributed by atoms with Crippen molar-refractivity contribution in [1.82, 2.24) is 4.90 Å². The van der Waals surface area contributed by atoms with Crippen LogP contribution in [0.5, 0.6) is 5.75 Å². The highest BCUT2D eigenvalue weighted by Crippen LogP contribution is 2.33. The maximum absolute atomic E-state index is 13.0. The van der Waals surface area contributed by atoms with Crippen LogP contribution < -0.4 is 0 Å². The minimum Gasteiger partial charge on any atom is -0.508 e. The highest BCUT2D eigenvalue weighted by Gasteiger charge is 2.33. The van der Waals surface area contributed by atoms with E-state index in [0.717, 1.165) is 11.1 Å². The molecule has 4 heteroatoms. The summed E-state index contributed by atoms with van der Waals surface area (Å²) in [5.74, 6) is -0.165. The van der Waals surface area contributed by atoms with E-state index >= 15 is 0 Å². The molecule has 0 spiro atoms. The SMILES string of the molecule is O=C(OCc1ccccc1)[C@H](c1cccc(O)c1)N1Cc2ccccc2C1. The summed E-state index contributed by atoms with van der Waals surface area (Å²) in [5, 5.41) is 9.90. The number of phenolic OH excluding ortho intramolecular Hbond substituents is 1. The first-order valence-corrected chi connectivity index (χ1v) is 9.01. The zero-order valence-electron chi connectivity index (χ0n) is 14.9. The molecule has 1 aliphatic rings. The van der Waals surface area contributed by atoms with Crippen LogP contribution in [0, 0.1) is 0 Å². The van der Waals surface area contributed by atoms with Gasteiger partial charge in [-0.1, -0.05) is 66.7 Å². The van der Waals surface area contributed by atoms with Crippen LogP contribution in [0.25, 0.3) is 0 Å². The van der Waals surface area contributed by atoms with Gasteiger partial charge in [0.25, 0.3) is 0 Å². The largest absolute Gasteiger partial charge is 0.508 e. The predicted molar refractivity (Wildman–Crippen MR) is 103 cm³/mol. The number of carbonyl (C=O) groups excluding carboxylic acids is 1. The second-order valence-corrected chi connectivity index (χ2v) is 6.76. The summed E-state index contributed by atoms with van der Waals surface area (Å²) in [5.41, 5.74) is 4.13. The number of nitrogens with zero attached hydrogens (tertiary/aromatic N) is 1. The lowest BCUT2D eigenvalue weighted by molar-refractivity contribution is -0.152. The summed E-state index contributed by atoms with van der Waals surface area (Å²) >= 11 is 0. The molecule has 0 saturated heterocycles. The quantitative estimate of drug-likeness (QED) is 0.694. The molecule has 136 valence electrons. The lowest BCUT2D eigenvalue weighted by Crippen LogP contribution is -2.31. The Labute approximate surface area is 158 Å². The number of hydrogen-bond acceptors (Lipinski definition) is 4. The van der Waals surface area contributed by atoms with Crippen LogP contribution >= 0.6 is 0 Å². The van der Waals surface area contributed by atoms with E-state index in [1.165, 1.54) is 11.1 Å². The van der Waals surface area contributed by atoms with Crippen molar-refractivity contribution in [2.45, 2.75) is 25.7 Å². The van der Waals surface area contributed by atoms with E-state index in [-0.39, 0.29) is 18.3 Å². The predicted octanol–water partition coefficient (Wildman–Crippen LogP) is 4.19. The number of ether oxygens (including phenoxy) is 1. The number of aromatic hydroxyl groups is 1. The van der Waals surface area contributed by atoms with Crippen molar-refractivity contribution in [1.29, 1.82) is 0 Å². The smallest absolute Gasteiger partial charge is 0.328 e. The molecule has 0 amide bonds. The fourth-order valence-corrected chi connectivity index (χ4v) is 3.54. The van der Waals surface area contributed by atoms with Crippen LogP contribution in [0.2, 0.25) is 0 Å². The average Bonchev–Trinajstić information content (AvgIpc) is 3.11. The summed E-state index contributed by atoms with van der Waals surface area (Å²) < 4.78 is 5.63. The number of rotatable bonds is 5. The monoisotopic (exact) mass is 359 g/mol. The third kappa shape index (κ3) is 3.86. The van der Waals surface area contributed by atoms with Gasteiger partial charge in [-0.2, -0.15) is 0 Å². The van der Waals surface area contributed by atoms with Crippen molar-refractivity contribution in [2.75, 3.05) is 0 Å². The van der Waals surface area contributed by atoms with Crippen molar-refractivity contribution in [3.63, 3.8) is 0 Å². The number of carbonyl (C=O) groups is 1. The Kier molecular flexibility index (Phi) is 4.90. The van der Waals surface area contributed by atoms with E-state index in [1.807, 2.05) is 48.5 Å². The zero-order valence-corrected chi connectivity index (χ0v) is 14.9. The second kappa shape index (κ2) is 7.64. The number of fused-ring (bicyclic) bond motifs is 1. The lowest BCUT2D eigenvalue weighted by atomic mass is 10.1. The van der Waals surface area contributed by atoms with Gasteiger partial charge in [-0.25, -0.2) is 4.79 Å². The van der Waals surface area contributed by atoms with Gasteiger partial charge < -0.3 is 9.84 Å². The molecular formula is C23H21NO3. The molecule has 0 radical (unpaired) electrons. The fraction of sp³-hybridized carbons (Fsp3) is 0.174. The molecule has 3 aromatic carbocycles. The first-order valence-electron chi connectivity index (χ1n) is 9.01. The van der Waals surface area contributed by atoms with Crippen LogP contribution in [-0.4, -0.2) is 16.0 Å². The van der Waals surface area contributed by atoms with Gasteiger partial charge in [0.1, 0.15) is 18.4 Å². The molecule has 0 bridgehead atoms. The number of benzene rings is 3. The highest BCUT2D eigenvalue weighted by atomic mass is 16.5. The molecule has 0 unspecified atom stereocenters. The maximum atomic E-state index is 13.0. The van der Waals surface area contributed by atoms with Crippen LogP contribution in [0.15, 0.2) is 78.9 Å². The molecule has 0 aliphatic carbocycles. The van der Waals surface area contributed by atoms with Gasteiger partial charge in [0, 0.05) is 13.1 Å². The van der Waals surface area contributed by atoms with Gasteiger partial charge in [-0.05, 0) is 34.4 Å².